The maximum absolute atomic E-state index is 14.8. The van der Waals surface area contributed by atoms with E-state index in [1.165, 1.54) is 16.9 Å². The Labute approximate surface area is 346 Å². The van der Waals surface area contributed by atoms with E-state index in [0.29, 0.717) is 49.1 Å². The van der Waals surface area contributed by atoms with Crippen LogP contribution in [-0.4, -0.2) is 45.2 Å². The molecule has 1 heterocycles. The first-order valence-electron chi connectivity index (χ1n) is 20.8. The molecule has 9 rings (SSSR count). The highest BCUT2D eigenvalue weighted by atomic mass is 32.1. The van der Waals surface area contributed by atoms with Gasteiger partial charge in [0.25, 0.3) is 0 Å². The van der Waals surface area contributed by atoms with Gasteiger partial charge in [0.2, 0.25) is 5.78 Å². The van der Waals surface area contributed by atoms with Crippen LogP contribution in [-0.2, 0) is 13.0 Å². The number of fused-ring (bicyclic) bond motifs is 10. The van der Waals surface area contributed by atoms with Crippen molar-refractivity contribution in [1.82, 2.24) is 10.2 Å². The monoisotopic (exact) mass is 790 g/mol. The minimum absolute atomic E-state index is 0.0278. The fourth-order valence-corrected chi connectivity index (χ4v) is 10.7. The van der Waals surface area contributed by atoms with E-state index in [0.717, 1.165) is 56.0 Å². The van der Waals surface area contributed by atoms with E-state index in [1.807, 2.05) is 96.8 Å². The van der Waals surface area contributed by atoms with Gasteiger partial charge in [-0.1, -0.05) is 122 Å². The van der Waals surface area contributed by atoms with E-state index in [9.17, 15) is 19.8 Å². The lowest BCUT2D eigenvalue weighted by atomic mass is 9.64. The predicted molar refractivity (Wildman–Crippen MR) is 236 cm³/mol. The Hall–Kier alpha value is -5.08. The molecule has 58 heavy (non-hydrogen) atoms. The number of hydrogen-bond acceptors (Lipinski definition) is 5. The van der Waals surface area contributed by atoms with Crippen LogP contribution >= 0.6 is 11.3 Å². The molecule has 0 unspecified atom stereocenters. The summed E-state index contributed by atoms with van der Waals surface area (Å²) in [6.45, 7) is 6.76. The Morgan fingerprint density at radius 1 is 0.879 bits per heavy atom. The summed E-state index contributed by atoms with van der Waals surface area (Å²) in [5.74, 6) is -0.188. The lowest BCUT2D eigenvalue weighted by Gasteiger charge is -2.46. The van der Waals surface area contributed by atoms with Gasteiger partial charge < -0.3 is 20.4 Å². The third-order valence-corrected chi connectivity index (χ3v) is 14.3. The number of nitrogens with one attached hydrogen (secondary N) is 1. The topological polar surface area (TPSA) is 89.9 Å². The van der Waals surface area contributed by atoms with Crippen LogP contribution in [0.4, 0.5) is 4.79 Å². The average Bonchev–Trinajstić information content (AvgIpc) is 3.78. The summed E-state index contributed by atoms with van der Waals surface area (Å²) in [5.41, 5.74) is 3.77. The molecule has 3 aliphatic carbocycles. The molecule has 5 atom stereocenters. The van der Waals surface area contributed by atoms with Gasteiger partial charge in [0.15, 0.2) is 0 Å². The second-order valence-corrected chi connectivity index (χ2v) is 18.1. The fraction of sp³-hybridized carbons (Fsp3) is 0.333. The van der Waals surface area contributed by atoms with Crippen molar-refractivity contribution in [1.29, 1.82) is 0 Å². The van der Waals surface area contributed by atoms with Crippen LogP contribution in [0.15, 0.2) is 133 Å². The molecule has 1 fully saturated rings. The van der Waals surface area contributed by atoms with Crippen LogP contribution in [0, 0.1) is 5.41 Å². The maximum Gasteiger partial charge on any atom is 0.318 e. The molecular weight excluding hydrogens is 737 g/mol. The lowest BCUT2D eigenvalue weighted by molar-refractivity contribution is -0.0780. The molecule has 0 aliphatic heterocycles. The van der Waals surface area contributed by atoms with Gasteiger partial charge in [-0.05, 0) is 121 Å². The highest BCUT2D eigenvalue weighted by Gasteiger charge is 2.57. The number of ketones is 1. The van der Waals surface area contributed by atoms with Gasteiger partial charge in [-0.25, -0.2) is 4.79 Å². The molecule has 6 aromatic rings. The molecule has 7 heteroatoms. The highest BCUT2D eigenvalue weighted by Crippen LogP contribution is 2.59. The van der Waals surface area contributed by atoms with Gasteiger partial charge >= 0.3 is 6.03 Å². The molecule has 1 saturated carbocycles. The zero-order valence-corrected chi connectivity index (χ0v) is 34.6. The molecule has 3 aliphatic rings. The number of nitrogens with zero attached hydrogens (tertiary/aromatic N) is 1. The number of benzene rings is 5. The van der Waals surface area contributed by atoms with Crippen LogP contribution in [0.5, 0.6) is 0 Å². The summed E-state index contributed by atoms with van der Waals surface area (Å²) >= 11 is 1.51. The Kier molecular flexibility index (Phi) is 11.4. The number of allylic oxidation sites excluding steroid dienone is 2. The summed E-state index contributed by atoms with van der Waals surface area (Å²) in [7, 11) is 0. The Bertz CT molecular complexity index is 2440. The maximum atomic E-state index is 14.8. The van der Waals surface area contributed by atoms with E-state index in [-0.39, 0.29) is 30.3 Å². The Morgan fingerprint density at radius 2 is 1.62 bits per heavy atom. The largest absolute Gasteiger partial charge is 0.393 e. The quantitative estimate of drug-likeness (QED) is 0.106. The summed E-state index contributed by atoms with van der Waals surface area (Å²) in [6, 6.07) is 40.2. The molecule has 5 aromatic carbocycles. The molecule has 2 bridgehead atoms. The minimum atomic E-state index is -1.28. The van der Waals surface area contributed by atoms with Gasteiger partial charge in [0.05, 0.1) is 29.2 Å². The number of amides is 2. The van der Waals surface area contributed by atoms with Crippen molar-refractivity contribution in [3.63, 3.8) is 0 Å². The third kappa shape index (κ3) is 8.00. The summed E-state index contributed by atoms with van der Waals surface area (Å²) in [5, 5.41) is 30.9. The summed E-state index contributed by atoms with van der Waals surface area (Å²) in [4.78, 5) is 31.9. The first kappa shape index (κ1) is 39.7. The van der Waals surface area contributed by atoms with Crippen LogP contribution in [0.25, 0.3) is 20.9 Å². The van der Waals surface area contributed by atoms with E-state index < -0.39 is 17.1 Å². The summed E-state index contributed by atoms with van der Waals surface area (Å²) in [6.07, 6.45) is 6.14. The van der Waals surface area contributed by atoms with Crippen molar-refractivity contribution in [2.45, 2.75) is 95.9 Å². The third-order valence-electron chi connectivity index (χ3n) is 13.2. The number of aliphatic hydroxyl groups is 2. The van der Waals surface area contributed by atoms with Crippen molar-refractivity contribution >= 4 is 44.0 Å². The van der Waals surface area contributed by atoms with Crippen molar-refractivity contribution in [2.75, 3.05) is 6.54 Å². The second-order valence-electron chi connectivity index (χ2n) is 17.0. The number of aliphatic hydroxyl groups excluding tert-OH is 1. The standard InChI is InChI=1S/C51H54N2O4S/c1-34-13-12-27-50(3)45(43-25-23-36(29-41(54)24-22-34)30-44(43)48(55)47-31-39-17-8-10-21-46(39)58-47)26-28-51(50,57)33-53(49(56)52-35(2)37-14-5-4-6-15-37)32-40-19-11-18-38-16-7-9-20-42(38)40/h4-11,13-21,23,25,30-31,35,41,45,54,57H,12,22,24,26-29,32-33H2,1-3H3,(H,52,56)/t35-,41+,45+,50+,51-/m1/s1. The zero-order chi connectivity index (χ0) is 40.4. The number of rotatable bonds is 8. The minimum Gasteiger partial charge on any atom is -0.393 e. The van der Waals surface area contributed by atoms with E-state index >= 15 is 0 Å². The van der Waals surface area contributed by atoms with Crippen LogP contribution < -0.4 is 5.32 Å². The molecule has 0 spiro atoms. The molecule has 2 amide bonds. The molecule has 298 valence electrons. The number of thiophene rings is 1. The smallest absolute Gasteiger partial charge is 0.318 e. The first-order valence-corrected chi connectivity index (χ1v) is 21.6. The van der Waals surface area contributed by atoms with Crippen molar-refractivity contribution < 1.29 is 19.8 Å². The number of hydrogen-bond donors (Lipinski definition) is 3. The van der Waals surface area contributed by atoms with Gasteiger partial charge in [0.1, 0.15) is 0 Å². The van der Waals surface area contributed by atoms with E-state index in [1.54, 1.807) is 0 Å². The normalized spacial score (nSPS) is 22.9. The summed E-state index contributed by atoms with van der Waals surface area (Å²) < 4.78 is 1.06. The van der Waals surface area contributed by atoms with Gasteiger partial charge in [0, 0.05) is 22.2 Å². The number of carbonyl (C=O) groups is 2. The van der Waals surface area contributed by atoms with Gasteiger partial charge in [-0.2, -0.15) is 0 Å². The van der Waals surface area contributed by atoms with Crippen LogP contribution in [0.3, 0.4) is 0 Å². The molecule has 1 aromatic heterocycles. The first-order chi connectivity index (χ1) is 28.0. The van der Waals surface area contributed by atoms with Gasteiger partial charge in [-0.3, -0.25) is 4.79 Å². The predicted octanol–water partition coefficient (Wildman–Crippen LogP) is 11.3. The lowest BCUT2D eigenvalue weighted by Crippen LogP contribution is -2.55. The molecule has 0 radical (unpaired) electrons. The average molecular weight is 791 g/mol. The van der Waals surface area contributed by atoms with Crippen molar-refractivity contribution in [3.8, 4) is 0 Å². The van der Waals surface area contributed by atoms with E-state index in [2.05, 4.69) is 61.6 Å². The fourth-order valence-electron chi connectivity index (χ4n) is 9.68. The Morgan fingerprint density at radius 3 is 2.43 bits per heavy atom. The number of carbonyl (C=O) groups excluding carboxylic acids is 2. The van der Waals surface area contributed by atoms with E-state index in [4.69, 9.17) is 0 Å². The molecule has 6 nitrogen and oxygen atoms in total. The molecular formula is C51H54N2O4S. The number of urea groups is 1. The molecule has 3 N–H and O–H groups in total. The van der Waals surface area contributed by atoms with Crippen LogP contribution in [0.1, 0.15) is 109 Å². The zero-order valence-electron chi connectivity index (χ0n) is 33.8. The Balaban J connectivity index is 1.20. The molecule has 0 saturated heterocycles. The van der Waals surface area contributed by atoms with Crippen LogP contribution in [0.2, 0.25) is 0 Å². The second kappa shape index (κ2) is 16.6. The SMILES string of the molecule is CC1=CCC[C@@]2(C)[C@@H](CC[C@@]2(O)CN(Cc2cccc3ccccc23)C(=O)N[C@H](C)c2ccccc2)c2ccc(cc2C(=O)c2cc3ccccc3s2)C[C@@H](O)CC1. The van der Waals surface area contributed by atoms with Gasteiger partial charge in [-0.15, -0.1) is 11.3 Å². The van der Waals surface area contributed by atoms with Crippen molar-refractivity contribution in [2.24, 2.45) is 5.41 Å². The van der Waals surface area contributed by atoms with Crippen molar-refractivity contribution in [3.05, 3.63) is 166 Å². The highest BCUT2D eigenvalue weighted by molar-refractivity contribution is 7.21.